The van der Waals surface area contributed by atoms with E-state index in [9.17, 15) is 0 Å². The van der Waals surface area contributed by atoms with Gasteiger partial charge in [-0.2, -0.15) is 0 Å². The fraction of sp³-hybridized carbons (Fsp3) is 0.417. The minimum absolute atomic E-state index is 0.466. The van der Waals surface area contributed by atoms with Crippen molar-refractivity contribution in [1.29, 1.82) is 0 Å². The van der Waals surface area contributed by atoms with Crippen LogP contribution in [0.15, 0.2) is 23.7 Å². The van der Waals surface area contributed by atoms with E-state index in [0.717, 1.165) is 30.2 Å². The van der Waals surface area contributed by atoms with E-state index in [2.05, 4.69) is 17.2 Å². The number of nitrogens with one attached hydrogen (secondary N) is 1. The number of aromatic nitrogens is 1. The Bertz CT molecular complexity index is 353. The van der Waals surface area contributed by atoms with Crippen molar-refractivity contribution >= 4 is 11.6 Å². The van der Waals surface area contributed by atoms with Crippen molar-refractivity contribution in [2.45, 2.75) is 20.4 Å². The van der Waals surface area contributed by atoms with Gasteiger partial charge in [-0.25, -0.2) is 0 Å². The van der Waals surface area contributed by atoms with Gasteiger partial charge < -0.3 is 10.1 Å². The molecule has 1 aromatic rings. The summed E-state index contributed by atoms with van der Waals surface area (Å²) in [5.74, 6) is 0.807. The summed E-state index contributed by atoms with van der Waals surface area (Å²) in [6.07, 6.45) is 1.75. The quantitative estimate of drug-likeness (QED) is 0.830. The van der Waals surface area contributed by atoms with Crippen molar-refractivity contribution in [3.63, 3.8) is 0 Å². The predicted octanol–water partition coefficient (Wildman–Crippen LogP) is 2.63. The van der Waals surface area contributed by atoms with E-state index in [-0.39, 0.29) is 0 Å². The molecule has 0 fully saturated rings. The van der Waals surface area contributed by atoms with Gasteiger partial charge in [-0.3, -0.25) is 4.98 Å². The highest BCUT2D eigenvalue weighted by Crippen LogP contribution is 2.16. The van der Waals surface area contributed by atoms with Gasteiger partial charge in [-0.15, -0.1) is 0 Å². The van der Waals surface area contributed by atoms with Crippen molar-refractivity contribution in [3.8, 4) is 5.75 Å². The summed E-state index contributed by atoms with van der Waals surface area (Å²) in [7, 11) is 0. The van der Waals surface area contributed by atoms with Crippen LogP contribution in [0.1, 0.15) is 18.3 Å². The Morgan fingerprint density at radius 2 is 2.31 bits per heavy atom. The van der Waals surface area contributed by atoms with E-state index in [4.69, 9.17) is 16.3 Å². The largest absolute Gasteiger partial charge is 0.488 e. The maximum absolute atomic E-state index is 5.56. The van der Waals surface area contributed by atoms with Crippen LogP contribution in [0.25, 0.3) is 0 Å². The highest BCUT2D eigenvalue weighted by atomic mass is 35.5. The normalized spacial score (nSPS) is 10.9. The monoisotopic (exact) mass is 240 g/mol. The SMILES string of the molecule is CCNCc1nc(C)ccc1OCC=CCl. The third-order valence-electron chi connectivity index (χ3n) is 2.04. The molecule has 0 aliphatic carbocycles. The van der Waals surface area contributed by atoms with Gasteiger partial charge in [-0.1, -0.05) is 18.5 Å². The number of ether oxygens (including phenoxy) is 1. The van der Waals surface area contributed by atoms with Crippen LogP contribution in [0.3, 0.4) is 0 Å². The number of aryl methyl sites for hydroxylation is 1. The standard InChI is InChI=1S/C12H17ClN2O/c1-3-14-9-11-12(16-8-4-7-13)6-5-10(2)15-11/h4-7,14H,3,8-9H2,1-2H3. The molecule has 0 aliphatic rings. The topological polar surface area (TPSA) is 34.2 Å². The summed E-state index contributed by atoms with van der Waals surface area (Å²) in [6.45, 7) is 6.13. The molecule has 1 aromatic heterocycles. The first-order valence-electron chi connectivity index (χ1n) is 5.33. The molecule has 4 heteroatoms. The average molecular weight is 241 g/mol. The van der Waals surface area contributed by atoms with Gasteiger partial charge in [0.25, 0.3) is 0 Å². The summed E-state index contributed by atoms with van der Waals surface area (Å²) in [4.78, 5) is 4.44. The molecule has 88 valence electrons. The molecule has 0 saturated heterocycles. The Labute approximate surface area is 101 Å². The van der Waals surface area contributed by atoms with Gasteiger partial charge in [0.2, 0.25) is 0 Å². The molecular weight excluding hydrogens is 224 g/mol. The van der Waals surface area contributed by atoms with Gasteiger partial charge in [0.05, 0.1) is 5.69 Å². The first-order valence-corrected chi connectivity index (χ1v) is 5.76. The zero-order valence-corrected chi connectivity index (χ0v) is 10.4. The molecule has 0 atom stereocenters. The van der Waals surface area contributed by atoms with Crippen LogP contribution in [-0.4, -0.2) is 18.1 Å². The molecule has 1 heterocycles. The van der Waals surface area contributed by atoms with Gasteiger partial charge in [0.15, 0.2) is 0 Å². The molecule has 16 heavy (non-hydrogen) atoms. The molecule has 3 nitrogen and oxygen atoms in total. The number of halogens is 1. The van der Waals surface area contributed by atoms with Gasteiger partial charge in [0.1, 0.15) is 12.4 Å². The lowest BCUT2D eigenvalue weighted by atomic mass is 10.3. The number of hydrogen-bond donors (Lipinski definition) is 1. The molecular formula is C12H17ClN2O. The molecule has 0 amide bonds. The molecule has 0 bridgehead atoms. The minimum atomic E-state index is 0.466. The van der Waals surface area contributed by atoms with Crippen molar-refractivity contribution < 1.29 is 4.74 Å². The highest BCUT2D eigenvalue weighted by molar-refractivity contribution is 6.25. The Morgan fingerprint density at radius 3 is 3.00 bits per heavy atom. The van der Waals surface area contributed by atoms with Crippen molar-refractivity contribution in [2.24, 2.45) is 0 Å². The van der Waals surface area contributed by atoms with Crippen molar-refractivity contribution in [3.05, 3.63) is 35.1 Å². The molecule has 0 aliphatic heterocycles. The summed E-state index contributed by atoms with van der Waals surface area (Å²) in [5, 5.41) is 3.24. The van der Waals surface area contributed by atoms with E-state index in [1.807, 2.05) is 19.1 Å². The Morgan fingerprint density at radius 1 is 1.50 bits per heavy atom. The Kier molecular flexibility index (Phi) is 5.90. The van der Waals surface area contributed by atoms with Crippen LogP contribution in [-0.2, 0) is 6.54 Å². The maximum Gasteiger partial charge on any atom is 0.142 e. The second kappa shape index (κ2) is 7.25. The van der Waals surface area contributed by atoms with Crippen LogP contribution in [0, 0.1) is 6.92 Å². The molecule has 1 N–H and O–H groups in total. The van der Waals surface area contributed by atoms with E-state index in [0.29, 0.717) is 6.61 Å². The second-order valence-corrected chi connectivity index (χ2v) is 3.60. The van der Waals surface area contributed by atoms with Crippen molar-refractivity contribution in [2.75, 3.05) is 13.2 Å². The summed E-state index contributed by atoms with van der Waals surface area (Å²) < 4.78 is 5.56. The van der Waals surface area contributed by atoms with E-state index in [1.165, 1.54) is 5.54 Å². The third-order valence-corrected chi connectivity index (χ3v) is 2.22. The fourth-order valence-corrected chi connectivity index (χ4v) is 1.35. The van der Waals surface area contributed by atoms with E-state index >= 15 is 0 Å². The first-order chi connectivity index (χ1) is 7.77. The number of rotatable bonds is 6. The van der Waals surface area contributed by atoms with Gasteiger partial charge in [-0.05, 0) is 31.7 Å². The number of nitrogens with zero attached hydrogens (tertiary/aromatic N) is 1. The number of pyridine rings is 1. The van der Waals surface area contributed by atoms with E-state index in [1.54, 1.807) is 6.08 Å². The lowest BCUT2D eigenvalue weighted by Gasteiger charge is -2.10. The molecule has 0 unspecified atom stereocenters. The lowest BCUT2D eigenvalue weighted by molar-refractivity contribution is 0.355. The van der Waals surface area contributed by atoms with Crippen LogP contribution < -0.4 is 10.1 Å². The lowest BCUT2D eigenvalue weighted by Crippen LogP contribution is -2.14. The van der Waals surface area contributed by atoms with Gasteiger partial charge >= 0.3 is 0 Å². The van der Waals surface area contributed by atoms with Gasteiger partial charge in [0, 0.05) is 17.8 Å². The van der Waals surface area contributed by atoms with Crippen molar-refractivity contribution in [1.82, 2.24) is 10.3 Å². The summed E-state index contributed by atoms with van der Waals surface area (Å²) in [5.41, 5.74) is 3.38. The van der Waals surface area contributed by atoms with Crippen LogP contribution in [0.5, 0.6) is 5.75 Å². The maximum atomic E-state index is 5.56. The minimum Gasteiger partial charge on any atom is -0.488 e. The molecule has 0 aromatic carbocycles. The second-order valence-electron chi connectivity index (χ2n) is 3.35. The highest BCUT2D eigenvalue weighted by Gasteiger charge is 2.04. The molecule has 0 spiro atoms. The fourth-order valence-electron chi connectivity index (χ4n) is 1.27. The first kappa shape index (κ1) is 13.0. The zero-order chi connectivity index (χ0) is 11.8. The smallest absolute Gasteiger partial charge is 0.142 e. The predicted molar refractivity (Wildman–Crippen MR) is 66.8 cm³/mol. The third kappa shape index (κ3) is 4.21. The van der Waals surface area contributed by atoms with Crippen LogP contribution in [0.2, 0.25) is 0 Å². The summed E-state index contributed by atoms with van der Waals surface area (Å²) >= 11 is 5.43. The average Bonchev–Trinajstić information content (AvgIpc) is 2.29. The Hall–Kier alpha value is -1.06. The van der Waals surface area contributed by atoms with Crippen LogP contribution in [0.4, 0.5) is 0 Å². The van der Waals surface area contributed by atoms with Crippen LogP contribution >= 0.6 is 11.6 Å². The summed E-state index contributed by atoms with van der Waals surface area (Å²) in [6, 6.07) is 3.88. The number of hydrogen-bond acceptors (Lipinski definition) is 3. The molecule has 0 radical (unpaired) electrons. The molecule has 1 rings (SSSR count). The van der Waals surface area contributed by atoms with E-state index < -0.39 is 0 Å². The Balaban J connectivity index is 2.72. The molecule has 0 saturated carbocycles. The zero-order valence-electron chi connectivity index (χ0n) is 9.66.